The first kappa shape index (κ1) is 17.8. The van der Waals surface area contributed by atoms with Crippen molar-refractivity contribution < 1.29 is 0 Å². The molecule has 28 heavy (non-hydrogen) atoms. The monoisotopic (exact) mass is 363 g/mol. The number of nitrogens with zero attached hydrogens (tertiary/aromatic N) is 3. The number of aryl methyl sites for hydroxylation is 2. The average Bonchev–Trinajstić information content (AvgIpc) is 2.93. The van der Waals surface area contributed by atoms with E-state index in [2.05, 4.69) is 68.1 Å². The second kappa shape index (κ2) is 7.59. The van der Waals surface area contributed by atoms with Crippen LogP contribution in [0.4, 0.5) is 0 Å². The first-order valence-electron chi connectivity index (χ1n) is 9.30. The van der Waals surface area contributed by atoms with E-state index in [-0.39, 0.29) is 0 Å². The Morgan fingerprint density at radius 3 is 1.61 bits per heavy atom. The molecule has 136 valence electrons. The van der Waals surface area contributed by atoms with Crippen molar-refractivity contribution in [2.24, 2.45) is 0 Å². The molecule has 0 atom stereocenters. The van der Waals surface area contributed by atoms with Crippen molar-refractivity contribution in [3.8, 4) is 22.8 Å². The van der Waals surface area contributed by atoms with Crippen LogP contribution in [0.5, 0.6) is 0 Å². The molecule has 1 aromatic heterocycles. The molecule has 1 heterocycles. The molecule has 0 fully saturated rings. The molecule has 0 amide bonds. The lowest BCUT2D eigenvalue weighted by Crippen LogP contribution is -2.02. The van der Waals surface area contributed by atoms with Gasteiger partial charge in [0.1, 0.15) is 0 Å². The van der Waals surface area contributed by atoms with Crippen molar-refractivity contribution in [3.63, 3.8) is 0 Å². The zero-order chi connectivity index (χ0) is 19.5. The van der Waals surface area contributed by atoms with Gasteiger partial charge in [0.05, 0.1) is 0 Å². The van der Waals surface area contributed by atoms with Gasteiger partial charge in [-0.3, -0.25) is 0 Å². The first-order chi connectivity index (χ1) is 13.6. The summed E-state index contributed by atoms with van der Waals surface area (Å²) in [5.41, 5.74) is 9.60. The average molecular weight is 363 g/mol. The number of hydrogen-bond acceptors (Lipinski definition) is 3. The molecule has 0 saturated heterocycles. The van der Waals surface area contributed by atoms with Crippen molar-refractivity contribution in [1.82, 2.24) is 15.0 Å². The Morgan fingerprint density at radius 1 is 0.571 bits per heavy atom. The largest absolute Gasteiger partial charge is 0.208 e. The summed E-state index contributed by atoms with van der Waals surface area (Å²) >= 11 is 0. The van der Waals surface area contributed by atoms with Crippen molar-refractivity contribution in [3.05, 3.63) is 101 Å². The summed E-state index contributed by atoms with van der Waals surface area (Å²) in [5, 5.41) is 0. The third-order valence-corrected chi connectivity index (χ3v) is 4.59. The van der Waals surface area contributed by atoms with Crippen molar-refractivity contribution in [1.29, 1.82) is 0 Å². The molecule has 0 saturated carbocycles. The highest BCUT2D eigenvalue weighted by Gasteiger charge is 2.12. The van der Waals surface area contributed by atoms with E-state index in [1.54, 1.807) is 0 Å². The van der Waals surface area contributed by atoms with E-state index >= 15 is 0 Å². The van der Waals surface area contributed by atoms with Gasteiger partial charge >= 0.3 is 0 Å². The van der Waals surface area contributed by atoms with Crippen LogP contribution < -0.4 is 0 Å². The Kier molecular flexibility index (Phi) is 4.84. The fourth-order valence-electron chi connectivity index (χ4n) is 2.89. The van der Waals surface area contributed by atoms with Gasteiger partial charge in [-0.2, -0.15) is 0 Å². The molecule has 3 nitrogen and oxygen atoms in total. The quantitative estimate of drug-likeness (QED) is 0.546. The minimum atomic E-state index is 0.646. The number of allylic oxidation sites excluding steroid dienone is 5. The first-order valence-corrected chi connectivity index (χ1v) is 9.30. The van der Waals surface area contributed by atoms with Crippen LogP contribution >= 0.6 is 0 Å². The van der Waals surface area contributed by atoms with Crippen LogP contribution in [0.3, 0.4) is 0 Å². The van der Waals surface area contributed by atoms with Crippen LogP contribution in [0.25, 0.3) is 28.3 Å². The zero-order valence-corrected chi connectivity index (χ0v) is 16.3. The molecule has 4 rings (SSSR count). The van der Waals surface area contributed by atoms with E-state index in [1.807, 2.05) is 31.2 Å². The Hall–Kier alpha value is -3.55. The fraction of sp³-hybridized carbons (Fsp3) is 0.120. The van der Waals surface area contributed by atoms with Crippen LogP contribution in [0, 0.1) is 13.8 Å². The Bertz CT molecular complexity index is 1080. The molecule has 0 bridgehead atoms. The minimum Gasteiger partial charge on any atom is -0.208 e. The van der Waals surface area contributed by atoms with Gasteiger partial charge in [0.25, 0.3) is 0 Å². The van der Waals surface area contributed by atoms with E-state index in [0.29, 0.717) is 17.5 Å². The lowest BCUT2D eigenvalue weighted by molar-refractivity contribution is 1.04. The van der Waals surface area contributed by atoms with Gasteiger partial charge in [0, 0.05) is 16.7 Å². The predicted octanol–water partition coefficient (Wildman–Crippen LogP) is 5.88. The lowest BCUT2D eigenvalue weighted by Gasteiger charge is -2.09. The van der Waals surface area contributed by atoms with Crippen LogP contribution in [-0.4, -0.2) is 15.0 Å². The maximum Gasteiger partial charge on any atom is 0.164 e. The highest BCUT2D eigenvalue weighted by Crippen LogP contribution is 2.24. The van der Waals surface area contributed by atoms with Gasteiger partial charge in [0.2, 0.25) is 0 Å². The Balaban J connectivity index is 1.89. The normalized spacial score (nSPS) is 13.1. The van der Waals surface area contributed by atoms with Crippen molar-refractivity contribution in [2.75, 3.05) is 0 Å². The smallest absolute Gasteiger partial charge is 0.164 e. The molecular weight excluding hydrogens is 342 g/mol. The van der Waals surface area contributed by atoms with Crippen LogP contribution in [0.15, 0.2) is 84.1 Å². The van der Waals surface area contributed by atoms with E-state index in [4.69, 9.17) is 15.0 Å². The number of hydrogen-bond donors (Lipinski definition) is 0. The minimum absolute atomic E-state index is 0.646. The molecule has 1 aliphatic carbocycles. The summed E-state index contributed by atoms with van der Waals surface area (Å²) < 4.78 is 0. The fourth-order valence-corrected chi connectivity index (χ4v) is 2.89. The third-order valence-electron chi connectivity index (χ3n) is 4.59. The standard InChI is InChI=1S/C25H21N3/c1-17-5-4-6-20(12-7-17)23-26-24(21-13-8-18(2)9-14-21)28-25(27-23)22-15-10-19(3)11-16-22/h5-16H,1-3H3. The van der Waals surface area contributed by atoms with E-state index in [9.17, 15) is 0 Å². The highest BCUT2D eigenvalue weighted by molar-refractivity contribution is 5.74. The number of rotatable bonds is 3. The zero-order valence-electron chi connectivity index (χ0n) is 16.3. The molecule has 0 unspecified atom stereocenters. The number of aromatic nitrogens is 3. The van der Waals surface area contributed by atoms with Crippen molar-refractivity contribution >= 4 is 5.57 Å². The van der Waals surface area contributed by atoms with Gasteiger partial charge in [-0.15, -0.1) is 5.73 Å². The SMILES string of the molecule is CC1=CC=C(c2nc(-c3ccc(C)cc3)nc(-c3ccc(C)cc3)n2)C=C=C1. The topological polar surface area (TPSA) is 38.7 Å². The summed E-state index contributed by atoms with van der Waals surface area (Å²) in [4.78, 5) is 14.3. The summed E-state index contributed by atoms with van der Waals surface area (Å²) in [6, 6.07) is 16.5. The summed E-state index contributed by atoms with van der Waals surface area (Å²) in [7, 11) is 0. The maximum absolute atomic E-state index is 4.76. The molecular formula is C25H21N3. The third kappa shape index (κ3) is 3.90. The molecule has 0 radical (unpaired) electrons. The summed E-state index contributed by atoms with van der Waals surface area (Å²) in [6.07, 6.45) is 7.94. The second-order valence-electron chi connectivity index (χ2n) is 7.03. The van der Waals surface area contributed by atoms with E-state index < -0.39 is 0 Å². The lowest BCUT2D eigenvalue weighted by atomic mass is 10.1. The van der Waals surface area contributed by atoms with Gasteiger partial charge in [-0.1, -0.05) is 71.8 Å². The Labute approximate surface area is 165 Å². The molecule has 1 aliphatic rings. The highest BCUT2D eigenvalue weighted by atomic mass is 15.0. The molecule has 3 heteroatoms. The Morgan fingerprint density at radius 2 is 1.07 bits per heavy atom. The summed E-state index contributed by atoms with van der Waals surface area (Å²) in [5.74, 6) is 1.99. The van der Waals surface area contributed by atoms with Gasteiger partial charge < -0.3 is 0 Å². The molecule has 0 spiro atoms. The van der Waals surface area contributed by atoms with E-state index in [0.717, 1.165) is 22.3 Å². The molecule has 0 aliphatic heterocycles. The van der Waals surface area contributed by atoms with Crippen molar-refractivity contribution in [2.45, 2.75) is 20.8 Å². The van der Waals surface area contributed by atoms with Crippen LogP contribution in [0.1, 0.15) is 23.9 Å². The summed E-state index contributed by atoms with van der Waals surface area (Å²) in [6.45, 7) is 6.19. The van der Waals surface area contributed by atoms with Gasteiger partial charge in [-0.05, 0) is 38.5 Å². The molecule has 2 aromatic carbocycles. The van der Waals surface area contributed by atoms with E-state index in [1.165, 1.54) is 11.1 Å². The number of benzene rings is 2. The second-order valence-corrected chi connectivity index (χ2v) is 7.03. The predicted molar refractivity (Wildman–Crippen MR) is 115 cm³/mol. The van der Waals surface area contributed by atoms with Crippen LogP contribution in [-0.2, 0) is 0 Å². The van der Waals surface area contributed by atoms with Gasteiger partial charge in [-0.25, -0.2) is 15.0 Å². The maximum atomic E-state index is 4.76. The molecule has 0 N–H and O–H groups in total. The van der Waals surface area contributed by atoms with Gasteiger partial charge in [0.15, 0.2) is 17.5 Å². The molecule has 3 aromatic rings. The van der Waals surface area contributed by atoms with Crippen LogP contribution in [0.2, 0.25) is 0 Å².